The molecule has 14 heavy (non-hydrogen) atoms. The third-order valence-corrected chi connectivity index (χ3v) is 2.12. The van der Waals surface area contributed by atoms with Gasteiger partial charge in [-0.2, -0.15) is 0 Å². The Morgan fingerprint density at radius 1 is 1.64 bits per heavy atom. The number of hydrogen-bond donors (Lipinski definition) is 0. The van der Waals surface area contributed by atoms with Gasteiger partial charge in [0.05, 0.1) is 6.61 Å². The van der Waals surface area contributed by atoms with Crippen LogP contribution in [0.15, 0.2) is 11.6 Å². The highest BCUT2D eigenvalue weighted by Gasteiger charge is 2.34. The molecule has 1 heterocycles. The molecule has 0 saturated carbocycles. The monoisotopic (exact) mass is 199 g/mol. The fourth-order valence-electron chi connectivity index (χ4n) is 1.24. The van der Waals surface area contributed by atoms with Gasteiger partial charge in [0.15, 0.2) is 0 Å². The maximum atomic E-state index is 11.2. The molecule has 1 rings (SSSR count). The van der Waals surface area contributed by atoms with E-state index in [-0.39, 0.29) is 11.3 Å². The summed E-state index contributed by atoms with van der Waals surface area (Å²) in [5, 5.41) is 10.6. The number of cyclic esters (lactones) is 1. The molecule has 0 amide bonds. The van der Waals surface area contributed by atoms with Crippen LogP contribution in [0, 0.1) is 10.1 Å². The fraction of sp³-hybridized carbons (Fsp3) is 0.667. The van der Waals surface area contributed by atoms with E-state index in [0.29, 0.717) is 18.6 Å². The quantitative estimate of drug-likeness (QED) is 0.390. The number of carbonyl (C=O) groups is 1. The smallest absolute Gasteiger partial charge is 0.333 e. The van der Waals surface area contributed by atoms with E-state index in [1.807, 2.05) is 0 Å². The number of ether oxygens (including phenoxy) is 1. The normalized spacial score (nSPS) is 17.3. The van der Waals surface area contributed by atoms with Gasteiger partial charge in [-0.05, 0) is 0 Å². The standard InChI is InChI=1S/C9H13NO4/c1-9(2,10(12)13)6-7-4-3-5-14-8(7)11/h4H,3,5-6H2,1-2H3. The van der Waals surface area contributed by atoms with Crippen LogP contribution in [0.5, 0.6) is 0 Å². The van der Waals surface area contributed by atoms with Crippen LogP contribution in [0.25, 0.3) is 0 Å². The fourth-order valence-corrected chi connectivity index (χ4v) is 1.24. The van der Waals surface area contributed by atoms with Crippen molar-refractivity contribution < 1.29 is 14.5 Å². The summed E-state index contributed by atoms with van der Waals surface area (Å²) in [6.07, 6.45) is 2.49. The van der Waals surface area contributed by atoms with Crippen molar-refractivity contribution in [2.75, 3.05) is 6.61 Å². The van der Waals surface area contributed by atoms with E-state index in [1.54, 1.807) is 6.08 Å². The SMILES string of the molecule is CC(C)(CC1=CCCOC1=O)[N+](=O)[O-]. The van der Waals surface area contributed by atoms with Crippen molar-refractivity contribution in [3.05, 3.63) is 21.8 Å². The van der Waals surface area contributed by atoms with E-state index < -0.39 is 11.5 Å². The lowest BCUT2D eigenvalue weighted by atomic mass is 9.94. The molecule has 0 fully saturated rings. The number of nitrogens with zero attached hydrogens (tertiary/aromatic N) is 1. The van der Waals surface area contributed by atoms with E-state index in [0.717, 1.165) is 0 Å². The largest absolute Gasteiger partial charge is 0.462 e. The lowest BCUT2D eigenvalue weighted by Gasteiger charge is -2.19. The summed E-state index contributed by atoms with van der Waals surface area (Å²) >= 11 is 0. The molecule has 0 spiro atoms. The van der Waals surface area contributed by atoms with Crippen LogP contribution in [0.4, 0.5) is 0 Å². The highest BCUT2D eigenvalue weighted by atomic mass is 16.6. The number of carbonyl (C=O) groups excluding carboxylic acids is 1. The van der Waals surface area contributed by atoms with Gasteiger partial charge >= 0.3 is 5.97 Å². The molecule has 0 atom stereocenters. The molecule has 0 aliphatic carbocycles. The Bertz CT molecular complexity index is 293. The van der Waals surface area contributed by atoms with E-state index in [2.05, 4.69) is 0 Å². The number of rotatable bonds is 3. The number of nitro groups is 1. The number of esters is 1. The average Bonchev–Trinajstić information content (AvgIpc) is 2.08. The molecule has 78 valence electrons. The molecule has 0 N–H and O–H groups in total. The van der Waals surface area contributed by atoms with E-state index in [1.165, 1.54) is 13.8 Å². The van der Waals surface area contributed by atoms with Crippen LogP contribution in [0.2, 0.25) is 0 Å². The van der Waals surface area contributed by atoms with Crippen LogP contribution in [-0.4, -0.2) is 23.0 Å². The molecule has 1 aliphatic heterocycles. The van der Waals surface area contributed by atoms with Gasteiger partial charge in [-0.3, -0.25) is 10.1 Å². The summed E-state index contributed by atoms with van der Waals surface area (Å²) in [5.74, 6) is -0.425. The summed E-state index contributed by atoms with van der Waals surface area (Å²) in [5.41, 5.74) is -0.694. The molecular formula is C9H13NO4. The van der Waals surface area contributed by atoms with Crippen molar-refractivity contribution in [2.24, 2.45) is 0 Å². The Hall–Kier alpha value is -1.39. The maximum absolute atomic E-state index is 11.2. The van der Waals surface area contributed by atoms with Gasteiger partial charge in [0.1, 0.15) is 0 Å². The zero-order valence-corrected chi connectivity index (χ0v) is 8.28. The van der Waals surface area contributed by atoms with Crippen molar-refractivity contribution in [1.29, 1.82) is 0 Å². The molecule has 1 aliphatic rings. The molecule has 5 heteroatoms. The molecule has 0 bridgehead atoms. The number of hydrogen-bond acceptors (Lipinski definition) is 4. The van der Waals surface area contributed by atoms with Gasteiger partial charge in [-0.25, -0.2) is 4.79 Å². The average molecular weight is 199 g/mol. The van der Waals surface area contributed by atoms with Crippen LogP contribution < -0.4 is 0 Å². The van der Waals surface area contributed by atoms with Gasteiger partial charge in [0.2, 0.25) is 5.54 Å². The van der Waals surface area contributed by atoms with Crippen LogP contribution >= 0.6 is 0 Å². The Morgan fingerprint density at radius 2 is 2.29 bits per heavy atom. The second-order valence-electron chi connectivity index (χ2n) is 3.90. The van der Waals surface area contributed by atoms with E-state index >= 15 is 0 Å². The summed E-state index contributed by atoms with van der Waals surface area (Å²) < 4.78 is 4.79. The van der Waals surface area contributed by atoms with Crippen molar-refractivity contribution in [1.82, 2.24) is 0 Å². The first-order valence-electron chi connectivity index (χ1n) is 4.44. The Labute approximate surface area is 81.9 Å². The molecule has 0 unspecified atom stereocenters. The first kappa shape index (κ1) is 10.7. The first-order valence-corrected chi connectivity index (χ1v) is 4.44. The highest BCUT2D eigenvalue weighted by molar-refractivity contribution is 5.89. The summed E-state index contributed by atoms with van der Waals surface area (Å²) in [4.78, 5) is 21.4. The van der Waals surface area contributed by atoms with Crippen molar-refractivity contribution in [3.8, 4) is 0 Å². The van der Waals surface area contributed by atoms with Crippen molar-refractivity contribution in [2.45, 2.75) is 32.2 Å². The van der Waals surface area contributed by atoms with Gasteiger partial charge in [-0.15, -0.1) is 0 Å². The van der Waals surface area contributed by atoms with Crippen LogP contribution in [0.3, 0.4) is 0 Å². The minimum atomic E-state index is -1.11. The minimum absolute atomic E-state index is 0.124. The minimum Gasteiger partial charge on any atom is -0.462 e. The Kier molecular flexibility index (Phi) is 2.88. The van der Waals surface area contributed by atoms with Crippen LogP contribution in [-0.2, 0) is 9.53 Å². The van der Waals surface area contributed by atoms with Crippen molar-refractivity contribution >= 4 is 5.97 Å². The predicted molar refractivity (Wildman–Crippen MR) is 49.3 cm³/mol. The summed E-state index contributed by atoms with van der Waals surface area (Å²) in [7, 11) is 0. The Morgan fingerprint density at radius 3 is 2.79 bits per heavy atom. The van der Waals surface area contributed by atoms with Gasteiger partial charge in [0, 0.05) is 37.2 Å². The maximum Gasteiger partial charge on any atom is 0.333 e. The lowest BCUT2D eigenvalue weighted by molar-refractivity contribution is -0.559. The van der Waals surface area contributed by atoms with Crippen LogP contribution in [0.1, 0.15) is 26.7 Å². The first-order chi connectivity index (χ1) is 6.43. The molecule has 5 nitrogen and oxygen atoms in total. The summed E-state index contributed by atoms with van der Waals surface area (Å²) in [6, 6.07) is 0. The van der Waals surface area contributed by atoms with Gasteiger partial charge < -0.3 is 4.74 Å². The van der Waals surface area contributed by atoms with E-state index in [9.17, 15) is 14.9 Å². The van der Waals surface area contributed by atoms with Gasteiger partial charge in [0.25, 0.3) is 0 Å². The molecule has 0 aromatic rings. The lowest BCUT2D eigenvalue weighted by Crippen LogP contribution is -2.33. The molecule has 0 aromatic carbocycles. The Balaban J connectivity index is 2.72. The zero-order valence-electron chi connectivity index (χ0n) is 8.28. The van der Waals surface area contributed by atoms with Gasteiger partial charge in [-0.1, -0.05) is 6.08 Å². The third-order valence-electron chi connectivity index (χ3n) is 2.12. The molecule has 0 aromatic heterocycles. The molecular weight excluding hydrogens is 186 g/mol. The van der Waals surface area contributed by atoms with Crippen molar-refractivity contribution in [3.63, 3.8) is 0 Å². The highest BCUT2D eigenvalue weighted by Crippen LogP contribution is 2.22. The predicted octanol–water partition coefficient (Wildman–Crippen LogP) is 1.31. The second-order valence-corrected chi connectivity index (χ2v) is 3.90. The second kappa shape index (κ2) is 3.77. The molecule has 0 saturated heterocycles. The summed E-state index contributed by atoms with van der Waals surface area (Å²) in [6.45, 7) is 3.37. The third kappa shape index (κ3) is 2.31. The van der Waals surface area contributed by atoms with E-state index in [4.69, 9.17) is 4.74 Å². The topological polar surface area (TPSA) is 69.4 Å². The molecule has 0 radical (unpaired) electrons. The zero-order chi connectivity index (χ0) is 10.8.